The molecule has 2 bridgehead atoms. The summed E-state index contributed by atoms with van der Waals surface area (Å²) in [5.41, 5.74) is -3.29. The largest absolute Gasteiger partial charge is 0.417 e. The third-order valence-corrected chi connectivity index (χ3v) is 10.7. The van der Waals surface area contributed by atoms with Gasteiger partial charge in [-0.1, -0.05) is 36.4 Å². The quantitative estimate of drug-likeness (QED) is 0.250. The molecular formula is C26H16F6N2O10S2. The number of benzene rings is 2. The van der Waals surface area contributed by atoms with Gasteiger partial charge >= 0.3 is 32.6 Å². The molecule has 5 aliphatic rings. The van der Waals surface area contributed by atoms with Gasteiger partial charge in [-0.05, 0) is 24.3 Å². The summed E-state index contributed by atoms with van der Waals surface area (Å²) >= 11 is 0. The van der Waals surface area contributed by atoms with Crippen LogP contribution in [0.4, 0.5) is 26.3 Å². The fourth-order valence-corrected chi connectivity index (χ4v) is 8.68. The van der Waals surface area contributed by atoms with Gasteiger partial charge in [-0.3, -0.25) is 19.2 Å². The smallest absolute Gasteiger partial charge is 0.272 e. The lowest BCUT2D eigenvalue weighted by Gasteiger charge is -2.44. The Morgan fingerprint density at radius 3 is 1.09 bits per heavy atom. The maximum Gasteiger partial charge on any atom is 0.417 e. The SMILES string of the molecule is O=C1C2C3C=CC(C2C(=O)N1OS(=O)(=O)c1ccccc1C(F)(F)F)C1C(=O)N(OS(=O)(=O)c2ccccc2C(F)(F)F)C(=O)C31. The molecule has 0 radical (unpaired) electrons. The van der Waals surface area contributed by atoms with Crippen LogP contribution in [-0.2, 0) is 60.3 Å². The number of hydrogen-bond acceptors (Lipinski definition) is 10. The van der Waals surface area contributed by atoms with Crippen LogP contribution in [0.5, 0.6) is 0 Å². The highest BCUT2D eigenvalue weighted by molar-refractivity contribution is 7.87. The first-order valence-electron chi connectivity index (χ1n) is 12.9. The number of alkyl halides is 6. The summed E-state index contributed by atoms with van der Waals surface area (Å²) in [7, 11) is -10.9. The van der Waals surface area contributed by atoms with E-state index in [0.717, 1.165) is 24.3 Å². The Balaban J connectivity index is 1.29. The number of allylic oxidation sites excluding steroid dienone is 2. The van der Waals surface area contributed by atoms with E-state index in [1.165, 1.54) is 12.2 Å². The van der Waals surface area contributed by atoms with Crippen LogP contribution in [0.3, 0.4) is 0 Å². The van der Waals surface area contributed by atoms with E-state index in [1.54, 1.807) is 0 Å². The van der Waals surface area contributed by atoms with Crippen LogP contribution in [0, 0.1) is 35.5 Å². The molecule has 0 N–H and O–H groups in total. The number of carbonyl (C=O) groups excluding carboxylic acids is 4. The van der Waals surface area contributed by atoms with Gasteiger partial charge in [0.2, 0.25) is 0 Å². The molecule has 4 atom stereocenters. The Morgan fingerprint density at radius 1 is 0.522 bits per heavy atom. The first-order chi connectivity index (χ1) is 21.3. The molecule has 1 saturated carbocycles. The minimum atomic E-state index is -5.46. The zero-order valence-corrected chi connectivity index (χ0v) is 23.9. The molecule has 2 heterocycles. The van der Waals surface area contributed by atoms with Crippen molar-refractivity contribution in [1.29, 1.82) is 0 Å². The zero-order chi connectivity index (χ0) is 33.7. The Kier molecular flexibility index (Phi) is 7.04. The molecule has 12 nitrogen and oxygen atoms in total. The van der Waals surface area contributed by atoms with Crippen LogP contribution in [0.1, 0.15) is 11.1 Å². The summed E-state index contributed by atoms with van der Waals surface area (Å²) in [6.07, 6.45) is -7.84. The van der Waals surface area contributed by atoms with Crippen molar-refractivity contribution in [2.24, 2.45) is 35.5 Å². The van der Waals surface area contributed by atoms with E-state index in [1.807, 2.05) is 0 Å². The van der Waals surface area contributed by atoms with Gasteiger partial charge in [0.25, 0.3) is 23.6 Å². The molecule has 4 amide bonds. The van der Waals surface area contributed by atoms with E-state index < -0.39 is 113 Å². The van der Waals surface area contributed by atoms with Gasteiger partial charge in [0.15, 0.2) is 0 Å². The van der Waals surface area contributed by atoms with Crippen molar-refractivity contribution in [1.82, 2.24) is 10.1 Å². The van der Waals surface area contributed by atoms with Gasteiger partial charge in [0.1, 0.15) is 9.79 Å². The first-order valence-corrected chi connectivity index (χ1v) is 15.7. The number of rotatable bonds is 6. The second-order valence-corrected chi connectivity index (χ2v) is 13.6. The average Bonchev–Trinajstić information content (AvgIpc) is 3.39. The standard InChI is InChI=1S/C26H16F6N2O10S2/c27-25(28,29)13-5-1-3-7-15(13)45(39,40)43-33-21(35)17-11-9-10-12(18(17)22(33)36)20-19(11)23(37)34(24(20)38)44-46(41,42)16-8-4-2-6-14(16)26(30,31)32/h1-12,17-20H. The molecular weight excluding hydrogens is 678 g/mol. The van der Waals surface area contributed by atoms with Crippen LogP contribution >= 0.6 is 0 Å². The van der Waals surface area contributed by atoms with E-state index in [9.17, 15) is 62.4 Å². The zero-order valence-electron chi connectivity index (χ0n) is 22.3. The van der Waals surface area contributed by atoms with Crippen LogP contribution in [0.2, 0.25) is 0 Å². The summed E-state index contributed by atoms with van der Waals surface area (Å²) < 4.78 is 141. The van der Waals surface area contributed by atoms with E-state index >= 15 is 0 Å². The van der Waals surface area contributed by atoms with E-state index in [-0.39, 0.29) is 10.1 Å². The van der Waals surface area contributed by atoms with Gasteiger partial charge in [-0.15, -0.1) is 18.7 Å². The third kappa shape index (κ3) is 4.73. The predicted molar refractivity (Wildman–Crippen MR) is 133 cm³/mol. The molecule has 3 fully saturated rings. The van der Waals surface area contributed by atoms with Gasteiger partial charge < -0.3 is 0 Å². The van der Waals surface area contributed by atoms with Crippen molar-refractivity contribution >= 4 is 43.9 Å². The maximum atomic E-state index is 13.5. The predicted octanol–water partition coefficient (Wildman–Crippen LogP) is 2.68. The molecule has 3 aliphatic carbocycles. The van der Waals surface area contributed by atoms with Gasteiger partial charge in [-0.25, -0.2) is 0 Å². The number of hydrogen-bond donors (Lipinski definition) is 0. The van der Waals surface area contributed by atoms with E-state index in [4.69, 9.17) is 0 Å². The highest BCUT2D eigenvalue weighted by Crippen LogP contribution is 2.58. The lowest BCUT2D eigenvalue weighted by Crippen LogP contribution is -2.50. The highest BCUT2D eigenvalue weighted by Gasteiger charge is 2.70. The molecule has 4 unspecified atom stereocenters. The second-order valence-electron chi connectivity index (χ2n) is 10.6. The monoisotopic (exact) mass is 694 g/mol. The van der Waals surface area contributed by atoms with E-state index in [2.05, 4.69) is 8.57 Å². The summed E-state index contributed by atoms with van der Waals surface area (Å²) in [6.45, 7) is 0. The van der Waals surface area contributed by atoms with Gasteiger partial charge in [0.05, 0.1) is 34.8 Å². The Bertz CT molecular complexity index is 1780. The normalized spacial score (nSPS) is 27.9. The van der Waals surface area contributed by atoms with Crippen molar-refractivity contribution in [3.63, 3.8) is 0 Å². The molecule has 0 spiro atoms. The summed E-state index contributed by atoms with van der Waals surface area (Å²) in [5.74, 6) is -14.5. The van der Waals surface area contributed by atoms with Crippen LogP contribution in [0.25, 0.3) is 0 Å². The molecule has 2 aromatic rings. The van der Waals surface area contributed by atoms with Gasteiger partial charge in [0, 0.05) is 11.8 Å². The number of carbonyl (C=O) groups is 4. The molecule has 2 saturated heterocycles. The van der Waals surface area contributed by atoms with E-state index in [0.29, 0.717) is 24.3 Å². The molecule has 7 rings (SSSR count). The molecule has 244 valence electrons. The topological polar surface area (TPSA) is 161 Å². The van der Waals surface area contributed by atoms with Crippen molar-refractivity contribution in [2.45, 2.75) is 22.1 Å². The fourth-order valence-electron chi connectivity index (χ4n) is 6.43. The highest BCUT2D eigenvalue weighted by atomic mass is 32.2. The number of halogens is 6. The van der Waals surface area contributed by atoms with Crippen molar-refractivity contribution in [2.75, 3.05) is 0 Å². The number of imide groups is 2. The number of hydroxylamine groups is 4. The molecule has 20 heteroatoms. The minimum absolute atomic E-state index is 0.242. The first kappa shape index (κ1) is 31.8. The number of amides is 4. The minimum Gasteiger partial charge on any atom is -0.272 e. The lowest BCUT2D eigenvalue weighted by atomic mass is 9.54. The van der Waals surface area contributed by atoms with Crippen molar-refractivity contribution in [3.05, 3.63) is 71.8 Å². The van der Waals surface area contributed by atoms with Crippen LogP contribution in [-0.4, -0.2) is 50.6 Å². The third-order valence-electron chi connectivity index (χ3n) is 8.20. The maximum absolute atomic E-state index is 13.5. The molecule has 46 heavy (non-hydrogen) atoms. The van der Waals surface area contributed by atoms with Crippen LogP contribution in [0.15, 0.2) is 70.5 Å². The Morgan fingerprint density at radius 2 is 0.804 bits per heavy atom. The van der Waals surface area contributed by atoms with Crippen LogP contribution < -0.4 is 0 Å². The Hall–Kier alpha value is -4.14. The number of nitrogens with zero attached hydrogens (tertiary/aromatic N) is 2. The molecule has 0 aromatic heterocycles. The second kappa shape index (κ2) is 10.2. The Labute approximate surface area is 254 Å². The molecule has 2 aliphatic heterocycles. The van der Waals surface area contributed by atoms with Gasteiger partial charge in [-0.2, -0.15) is 43.2 Å². The summed E-state index contributed by atoms with van der Waals surface area (Å²) in [6, 6.07) is 5.62. The molecule has 2 aromatic carbocycles. The van der Waals surface area contributed by atoms with Crippen molar-refractivity contribution in [3.8, 4) is 0 Å². The average molecular weight is 695 g/mol. The summed E-state index contributed by atoms with van der Waals surface area (Å²) in [5, 5.41) is -0.485. The lowest BCUT2D eigenvalue weighted by molar-refractivity contribution is -0.166. The fraction of sp³-hybridized carbons (Fsp3) is 0.308. The van der Waals surface area contributed by atoms with Crippen molar-refractivity contribution < 1.29 is 70.9 Å². The summed E-state index contributed by atoms with van der Waals surface area (Å²) in [4.78, 5) is 50.6.